The number of primary amides is 2. The maximum absolute atomic E-state index is 14.0. The van der Waals surface area contributed by atoms with E-state index in [1.54, 1.807) is 34.6 Å². The number of aliphatic carboxylic acids is 2. The lowest BCUT2D eigenvalue weighted by atomic mass is 9.96. The van der Waals surface area contributed by atoms with Crippen LogP contribution in [-0.2, 0) is 57.5 Å². The zero-order valence-electron chi connectivity index (χ0n) is 41.7. The highest BCUT2D eigenvalue weighted by atomic mass is 16.4. The number of nitrogens with two attached hydrogens (primary N) is 4. The number of rotatable bonds is 34. The summed E-state index contributed by atoms with van der Waals surface area (Å²) in [7, 11) is 0. The van der Waals surface area contributed by atoms with E-state index in [1.807, 2.05) is 13.8 Å². The minimum absolute atomic E-state index is 0.0299. The summed E-state index contributed by atoms with van der Waals surface area (Å²) in [6.45, 7) is 15.0. The van der Waals surface area contributed by atoms with Crippen molar-refractivity contribution in [3.63, 3.8) is 0 Å². The lowest BCUT2D eigenvalue weighted by molar-refractivity contribution is -0.142. The van der Waals surface area contributed by atoms with Crippen LogP contribution in [0, 0.1) is 23.7 Å². The lowest BCUT2D eigenvalue weighted by Gasteiger charge is -2.30. The molecule has 0 aromatic carbocycles. The van der Waals surface area contributed by atoms with Crippen LogP contribution in [0.4, 0.5) is 0 Å². The average molecular weight is 999 g/mol. The Hall–Kier alpha value is -6.44. The molecule has 0 fully saturated rings. The van der Waals surface area contributed by atoms with Crippen molar-refractivity contribution in [3.8, 4) is 0 Å². The van der Waals surface area contributed by atoms with E-state index in [1.165, 1.54) is 13.8 Å². The molecule has 0 aromatic heterocycles. The Morgan fingerprint density at radius 2 is 0.929 bits per heavy atom. The molecule has 0 heterocycles. The summed E-state index contributed by atoms with van der Waals surface area (Å²) in [6.07, 6.45) is -1.34. The Kier molecular flexibility index (Phi) is 28.7. The molecule has 0 aliphatic carbocycles. The summed E-state index contributed by atoms with van der Waals surface area (Å²) in [5.74, 6) is -14.3. The first kappa shape index (κ1) is 63.6. The highest BCUT2D eigenvalue weighted by Gasteiger charge is 2.37. The van der Waals surface area contributed by atoms with Gasteiger partial charge in [-0.1, -0.05) is 61.8 Å². The van der Waals surface area contributed by atoms with Crippen molar-refractivity contribution in [2.75, 3.05) is 6.54 Å². The molecule has 0 rings (SSSR count). The molecular formula is C44H78N12O14. The Labute approximate surface area is 408 Å². The fourth-order valence-electron chi connectivity index (χ4n) is 6.72. The Balaban J connectivity index is 6.51. The van der Waals surface area contributed by atoms with Crippen molar-refractivity contribution in [1.82, 2.24) is 42.5 Å². The van der Waals surface area contributed by atoms with Gasteiger partial charge in [0.15, 0.2) is 0 Å². The third-order valence-corrected chi connectivity index (χ3v) is 11.0. The third kappa shape index (κ3) is 23.7. The summed E-state index contributed by atoms with van der Waals surface area (Å²) >= 11 is 0. The standard InChI is InChI=1S/C44H78N12O14/c1-10-23(8)35(56-38(63)26(14-15-30(47)57)50-41(66)33(21(4)5)55-42(67)34(22(6)7)54-37(62)25(46)17-20(2)3)43(68)53-29(19-32(59)60)40(65)52-28(18-31(48)58)39(64)49-24(9)36(61)51-27(44(69)70)13-11-12-16-45/h20-29,33-35H,10-19,45-46H2,1-9H3,(H2,47,57)(H2,48,58)(H,49,64)(H,50,66)(H,51,61)(H,52,65)(H,53,68)(H,54,62)(H,55,67)(H,56,63)(H,59,60)(H,69,70)/t23-,24-,25-,26-,27-,28-,29-,33-,34-,35-/m0/s1. The quantitative estimate of drug-likeness (QED) is 0.0278. The summed E-state index contributed by atoms with van der Waals surface area (Å²) in [6, 6.07) is -13.0. The first-order valence-electron chi connectivity index (χ1n) is 23.4. The van der Waals surface area contributed by atoms with Crippen molar-refractivity contribution >= 4 is 71.0 Å². The molecule has 0 spiro atoms. The molecule has 70 heavy (non-hydrogen) atoms. The zero-order chi connectivity index (χ0) is 54.2. The molecule has 0 radical (unpaired) electrons. The summed E-state index contributed by atoms with van der Waals surface area (Å²) < 4.78 is 0. The van der Waals surface area contributed by atoms with Gasteiger partial charge in [-0.25, -0.2) is 4.79 Å². The number of carbonyl (C=O) groups excluding carboxylic acids is 10. The Morgan fingerprint density at radius 3 is 1.40 bits per heavy atom. The second kappa shape index (κ2) is 31.6. The van der Waals surface area contributed by atoms with Crippen LogP contribution >= 0.6 is 0 Å². The smallest absolute Gasteiger partial charge is 0.326 e. The summed E-state index contributed by atoms with van der Waals surface area (Å²) in [4.78, 5) is 155. The van der Waals surface area contributed by atoms with Gasteiger partial charge in [0.1, 0.15) is 48.3 Å². The van der Waals surface area contributed by atoms with Gasteiger partial charge in [-0.3, -0.25) is 52.7 Å². The van der Waals surface area contributed by atoms with Crippen LogP contribution in [0.25, 0.3) is 0 Å². The van der Waals surface area contributed by atoms with Crippen LogP contribution in [0.15, 0.2) is 0 Å². The van der Waals surface area contributed by atoms with Gasteiger partial charge < -0.3 is 75.7 Å². The number of carboxylic acids is 2. The molecule has 0 saturated heterocycles. The zero-order valence-corrected chi connectivity index (χ0v) is 41.7. The number of hydrogen-bond donors (Lipinski definition) is 14. The van der Waals surface area contributed by atoms with Crippen LogP contribution in [0.5, 0.6) is 0 Å². The Bertz CT molecular complexity index is 1850. The van der Waals surface area contributed by atoms with Crippen LogP contribution < -0.4 is 65.5 Å². The molecule has 0 saturated carbocycles. The van der Waals surface area contributed by atoms with Crippen LogP contribution in [-0.4, -0.2) is 142 Å². The van der Waals surface area contributed by atoms with Gasteiger partial charge in [-0.15, -0.1) is 0 Å². The summed E-state index contributed by atoms with van der Waals surface area (Å²) in [5, 5.41) is 38.4. The molecule has 10 atom stereocenters. The highest BCUT2D eigenvalue weighted by molar-refractivity contribution is 6.00. The molecule has 0 bridgehead atoms. The minimum Gasteiger partial charge on any atom is -0.481 e. The van der Waals surface area contributed by atoms with Gasteiger partial charge in [-0.2, -0.15) is 0 Å². The number of hydrogen-bond acceptors (Lipinski definition) is 14. The number of carbonyl (C=O) groups is 12. The molecular weight excluding hydrogens is 921 g/mol. The van der Waals surface area contributed by atoms with E-state index in [2.05, 4.69) is 42.5 Å². The topological polar surface area (TPSA) is 446 Å². The normalized spacial score (nSPS) is 15.5. The van der Waals surface area contributed by atoms with E-state index in [-0.39, 0.29) is 31.7 Å². The maximum Gasteiger partial charge on any atom is 0.326 e. The second-order valence-corrected chi connectivity index (χ2v) is 18.4. The van der Waals surface area contributed by atoms with Gasteiger partial charge in [0.25, 0.3) is 0 Å². The van der Waals surface area contributed by atoms with Gasteiger partial charge in [0.2, 0.25) is 59.1 Å². The van der Waals surface area contributed by atoms with Crippen molar-refractivity contribution < 1.29 is 67.7 Å². The third-order valence-electron chi connectivity index (χ3n) is 11.0. The monoisotopic (exact) mass is 999 g/mol. The number of nitrogens with one attached hydrogen (secondary N) is 8. The maximum atomic E-state index is 14.0. The van der Waals surface area contributed by atoms with E-state index in [4.69, 9.17) is 22.9 Å². The average Bonchev–Trinajstić information content (AvgIpc) is 3.25. The Morgan fingerprint density at radius 1 is 0.486 bits per heavy atom. The molecule has 26 nitrogen and oxygen atoms in total. The van der Waals surface area contributed by atoms with Gasteiger partial charge in [-0.05, 0) is 69.2 Å². The van der Waals surface area contributed by atoms with Crippen molar-refractivity contribution in [2.24, 2.45) is 46.6 Å². The predicted molar refractivity (Wildman–Crippen MR) is 253 cm³/mol. The van der Waals surface area contributed by atoms with E-state index in [0.29, 0.717) is 19.3 Å². The van der Waals surface area contributed by atoms with Crippen molar-refractivity contribution in [3.05, 3.63) is 0 Å². The molecule has 0 aliphatic heterocycles. The first-order chi connectivity index (χ1) is 32.5. The molecule has 398 valence electrons. The minimum atomic E-state index is -1.96. The van der Waals surface area contributed by atoms with Crippen LogP contribution in [0.3, 0.4) is 0 Å². The molecule has 0 aliphatic rings. The van der Waals surface area contributed by atoms with E-state index >= 15 is 0 Å². The van der Waals surface area contributed by atoms with Crippen LogP contribution in [0.2, 0.25) is 0 Å². The molecule has 26 heteroatoms. The molecule has 18 N–H and O–H groups in total. The lowest BCUT2D eigenvalue weighted by Crippen LogP contribution is -2.62. The number of amides is 10. The predicted octanol–water partition coefficient (Wildman–Crippen LogP) is -3.55. The molecule has 10 amide bonds. The number of carboxylic acid groups (broad SMARTS) is 2. The molecule has 0 unspecified atom stereocenters. The fraction of sp³-hybridized carbons (Fsp3) is 0.727. The van der Waals surface area contributed by atoms with Crippen LogP contribution in [0.1, 0.15) is 120 Å². The second-order valence-electron chi connectivity index (χ2n) is 18.4. The van der Waals surface area contributed by atoms with Crippen molar-refractivity contribution in [2.45, 2.75) is 174 Å². The van der Waals surface area contributed by atoms with E-state index in [0.717, 1.165) is 0 Å². The fourth-order valence-corrected chi connectivity index (χ4v) is 6.72. The largest absolute Gasteiger partial charge is 0.481 e. The van der Waals surface area contributed by atoms with E-state index in [9.17, 15) is 67.7 Å². The highest BCUT2D eigenvalue weighted by Crippen LogP contribution is 2.13. The SMILES string of the molecule is CC[C@H](C)[C@H](NC(=O)[C@H](CCC(N)=O)NC(=O)[C@@H](NC(=O)[C@@H](NC(=O)[C@@H](N)CC(C)C)C(C)C)C(C)C)C(=O)N[C@@H](CC(=O)O)C(=O)N[C@@H](CC(N)=O)C(=O)N[C@@H](C)C(=O)N[C@@H](CCCCN)C(=O)O. The van der Waals surface area contributed by atoms with Crippen molar-refractivity contribution in [1.29, 1.82) is 0 Å². The first-order valence-corrected chi connectivity index (χ1v) is 23.4. The van der Waals surface area contributed by atoms with E-state index < -0.39 is 162 Å². The molecule has 0 aromatic rings. The van der Waals surface area contributed by atoms with Gasteiger partial charge in [0, 0.05) is 6.42 Å². The summed E-state index contributed by atoms with van der Waals surface area (Å²) in [5.41, 5.74) is 22.2. The van der Waals surface area contributed by atoms with Gasteiger partial charge >= 0.3 is 11.9 Å². The number of unbranched alkanes of at least 4 members (excludes halogenated alkanes) is 1. The van der Waals surface area contributed by atoms with Gasteiger partial charge in [0.05, 0.1) is 18.9 Å².